The van der Waals surface area contributed by atoms with E-state index in [0.29, 0.717) is 22.2 Å². The Morgan fingerprint density at radius 1 is 0.826 bits per heavy atom. The lowest BCUT2D eigenvalue weighted by Crippen LogP contribution is -2.63. The smallest absolute Gasteiger partial charge is 0.0594 e. The van der Waals surface area contributed by atoms with Crippen LogP contribution in [0, 0.1) is 39.4 Å². The van der Waals surface area contributed by atoms with Gasteiger partial charge in [-0.3, -0.25) is 0 Å². The van der Waals surface area contributed by atoms with Crippen molar-refractivity contribution in [1.82, 2.24) is 0 Å². The average Bonchev–Trinajstić information content (AvgIpc) is 2.86. The minimum Gasteiger partial charge on any atom is -0.393 e. The number of rotatable bonds is 0. The monoisotopic (exact) mass is 316 g/mol. The van der Waals surface area contributed by atoms with E-state index in [4.69, 9.17) is 0 Å². The van der Waals surface area contributed by atoms with Gasteiger partial charge in [0.25, 0.3) is 0 Å². The molecule has 0 aliphatic heterocycles. The zero-order chi connectivity index (χ0) is 16.7. The maximum atomic E-state index is 10.6. The molecule has 0 spiro atoms. The molecule has 0 aromatic carbocycles. The summed E-state index contributed by atoms with van der Waals surface area (Å²) in [7, 11) is 0. The second-order valence-electron chi connectivity index (χ2n) is 10.7. The molecule has 4 aliphatic carbocycles. The van der Waals surface area contributed by atoms with Gasteiger partial charge in [0.2, 0.25) is 0 Å². The van der Waals surface area contributed by atoms with Crippen molar-refractivity contribution in [3.8, 4) is 0 Å². The Hall–Kier alpha value is -0.300. The first-order valence-corrected chi connectivity index (χ1v) is 10.0. The third-order valence-corrected chi connectivity index (χ3v) is 9.83. The molecule has 3 saturated carbocycles. The minimum atomic E-state index is -0.106. The van der Waals surface area contributed by atoms with E-state index in [1.165, 1.54) is 38.5 Å². The maximum absolute atomic E-state index is 10.6. The van der Waals surface area contributed by atoms with Crippen molar-refractivity contribution < 1.29 is 5.11 Å². The normalized spacial score (nSPS) is 57.5. The predicted molar refractivity (Wildman–Crippen MR) is 96.0 cm³/mol. The average molecular weight is 317 g/mol. The first kappa shape index (κ1) is 16.2. The van der Waals surface area contributed by atoms with Gasteiger partial charge >= 0.3 is 0 Å². The summed E-state index contributed by atoms with van der Waals surface area (Å²) in [6, 6.07) is 0. The number of fused-ring (bicyclic) bond motifs is 5. The summed E-state index contributed by atoms with van der Waals surface area (Å²) in [5.41, 5.74) is 1.46. The molecule has 0 saturated heterocycles. The van der Waals surface area contributed by atoms with Crippen molar-refractivity contribution in [1.29, 1.82) is 0 Å². The van der Waals surface area contributed by atoms with Gasteiger partial charge < -0.3 is 5.11 Å². The zero-order valence-corrected chi connectivity index (χ0v) is 15.9. The van der Waals surface area contributed by atoms with Gasteiger partial charge in [-0.2, -0.15) is 0 Å². The van der Waals surface area contributed by atoms with Crippen molar-refractivity contribution in [3.63, 3.8) is 0 Å². The van der Waals surface area contributed by atoms with Gasteiger partial charge in [-0.1, -0.05) is 46.8 Å². The van der Waals surface area contributed by atoms with E-state index >= 15 is 0 Å². The Bertz CT molecular complexity index is 534. The number of hydrogen-bond donors (Lipinski definition) is 1. The highest BCUT2D eigenvalue weighted by molar-refractivity contribution is 5.21. The van der Waals surface area contributed by atoms with Crippen LogP contribution in [0.25, 0.3) is 0 Å². The molecule has 1 nitrogen and oxygen atoms in total. The lowest BCUT2D eigenvalue weighted by atomic mass is 9.35. The molecule has 4 rings (SSSR count). The fraction of sp³-hybridized carbons (Fsp3) is 0.909. The summed E-state index contributed by atoms with van der Waals surface area (Å²) in [4.78, 5) is 0. The molecule has 23 heavy (non-hydrogen) atoms. The molecule has 0 bridgehead atoms. The fourth-order valence-electron chi connectivity index (χ4n) is 8.13. The van der Waals surface area contributed by atoms with Gasteiger partial charge in [-0.05, 0) is 84.4 Å². The Labute approximate surface area is 142 Å². The Balaban J connectivity index is 1.76. The van der Waals surface area contributed by atoms with Gasteiger partial charge in [-0.15, -0.1) is 0 Å². The van der Waals surface area contributed by atoms with Crippen LogP contribution in [0.1, 0.15) is 79.6 Å². The third kappa shape index (κ3) is 1.78. The second kappa shape index (κ2) is 4.65. The summed E-state index contributed by atoms with van der Waals surface area (Å²) >= 11 is 0. The van der Waals surface area contributed by atoms with E-state index in [1.807, 2.05) is 0 Å². The summed E-state index contributed by atoms with van der Waals surface area (Å²) in [6.45, 7) is 12.5. The molecule has 4 aliphatic rings. The third-order valence-electron chi connectivity index (χ3n) is 9.83. The summed E-state index contributed by atoms with van der Waals surface area (Å²) in [5.74, 6) is 2.33. The SMILES string of the molecule is CC1(C)C(O)CCC2(C)C1CCC1(C)C2CCC2C=CCC21C. The number of aliphatic hydroxyl groups is 1. The molecule has 0 aromatic heterocycles. The van der Waals surface area contributed by atoms with Crippen molar-refractivity contribution in [2.45, 2.75) is 85.7 Å². The van der Waals surface area contributed by atoms with Crippen LogP contribution in [-0.4, -0.2) is 11.2 Å². The van der Waals surface area contributed by atoms with Crippen molar-refractivity contribution in [2.75, 3.05) is 0 Å². The molecule has 1 heteroatoms. The van der Waals surface area contributed by atoms with E-state index < -0.39 is 0 Å². The lowest BCUT2D eigenvalue weighted by molar-refractivity contribution is -0.217. The highest BCUT2D eigenvalue weighted by Crippen LogP contribution is 2.73. The molecule has 7 unspecified atom stereocenters. The minimum absolute atomic E-state index is 0.0833. The van der Waals surface area contributed by atoms with Crippen molar-refractivity contribution >= 4 is 0 Å². The highest BCUT2D eigenvalue weighted by atomic mass is 16.3. The lowest BCUT2D eigenvalue weighted by Gasteiger charge is -2.69. The Kier molecular flexibility index (Phi) is 3.27. The number of hydrogen-bond acceptors (Lipinski definition) is 1. The van der Waals surface area contributed by atoms with Crippen molar-refractivity contribution in [2.24, 2.45) is 39.4 Å². The number of allylic oxidation sites excluding steroid dienone is 2. The van der Waals surface area contributed by atoms with Crippen LogP contribution >= 0.6 is 0 Å². The van der Waals surface area contributed by atoms with Gasteiger partial charge in [0.1, 0.15) is 0 Å². The van der Waals surface area contributed by atoms with Gasteiger partial charge in [0.15, 0.2) is 0 Å². The maximum Gasteiger partial charge on any atom is 0.0594 e. The first-order valence-electron chi connectivity index (χ1n) is 10.0. The molecule has 0 heterocycles. The van der Waals surface area contributed by atoms with Crippen LogP contribution < -0.4 is 0 Å². The molecular formula is C22H36O. The molecule has 7 atom stereocenters. The fourth-order valence-corrected chi connectivity index (χ4v) is 8.13. The van der Waals surface area contributed by atoms with Gasteiger partial charge in [-0.25, -0.2) is 0 Å². The molecule has 0 amide bonds. The van der Waals surface area contributed by atoms with Crippen molar-refractivity contribution in [3.05, 3.63) is 12.2 Å². The summed E-state index contributed by atoms with van der Waals surface area (Å²) in [5, 5.41) is 10.6. The Morgan fingerprint density at radius 2 is 1.57 bits per heavy atom. The standard InChI is InChI=1S/C22H36O/c1-19(2)16-10-14-22(5)17(20(16,3)13-11-18(19)23)9-8-15-7-6-12-21(15,22)4/h6-7,15-18,23H,8-14H2,1-5H3. The molecule has 1 N–H and O–H groups in total. The zero-order valence-electron chi connectivity index (χ0n) is 15.9. The second-order valence-corrected chi connectivity index (χ2v) is 10.7. The van der Waals surface area contributed by atoms with E-state index in [-0.39, 0.29) is 11.5 Å². The van der Waals surface area contributed by atoms with Crippen LogP contribution in [0.4, 0.5) is 0 Å². The molecule has 3 fully saturated rings. The van der Waals surface area contributed by atoms with Crippen LogP contribution in [0.15, 0.2) is 12.2 Å². The predicted octanol–water partition coefficient (Wildman–Crippen LogP) is 5.58. The van der Waals surface area contributed by atoms with Gasteiger partial charge in [0.05, 0.1) is 6.10 Å². The largest absolute Gasteiger partial charge is 0.393 e. The first-order chi connectivity index (χ1) is 10.7. The van der Waals surface area contributed by atoms with E-state index in [9.17, 15) is 5.11 Å². The summed E-state index contributed by atoms with van der Waals surface area (Å²) in [6.07, 6.45) is 13.9. The molecule has 130 valence electrons. The molecular weight excluding hydrogens is 280 g/mol. The van der Waals surface area contributed by atoms with Crippen LogP contribution in [0.3, 0.4) is 0 Å². The molecule has 0 radical (unpaired) electrons. The van der Waals surface area contributed by atoms with E-state index in [0.717, 1.165) is 18.3 Å². The van der Waals surface area contributed by atoms with E-state index in [1.54, 1.807) is 0 Å². The molecule has 0 aromatic rings. The van der Waals surface area contributed by atoms with Gasteiger partial charge in [0, 0.05) is 0 Å². The highest BCUT2D eigenvalue weighted by Gasteiger charge is 2.66. The Morgan fingerprint density at radius 3 is 2.30 bits per heavy atom. The van der Waals surface area contributed by atoms with Crippen LogP contribution in [0.5, 0.6) is 0 Å². The van der Waals surface area contributed by atoms with Crippen LogP contribution in [0.2, 0.25) is 0 Å². The van der Waals surface area contributed by atoms with E-state index in [2.05, 4.69) is 46.8 Å². The summed E-state index contributed by atoms with van der Waals surface area (Å²) < 4.78 is 0. The topological polar surface area (TPSA) is 20.2 Å². The van der Waals surface area contributed by atoms with Crippen LogP contribution in [-0.2, 0) is 0 Å². The number of aliphatic hydroxyl groups excluding tert-OH is 1. The quantitative estimate of drug-likeness (QED) is 0.578.